The number of benzene rings is 2. The summed E-state index contributed by atoms with van der Waals surface area (Å²) in [6, 6.07) is 11.6. The summed E-state index contributed by atoms with van der Waals surface area (Å²) in [6.07, 6.45) is -4.48. The SMILES string of the molecule is O=C(Nc1ccc(N2CCOCC2)cc1)c1nnc(Nc2cccc(C(F)(F)F)c2)o1. The van der Waals surface area contributed by atoms with Gasteiger partial charge in [-0.2, -0.15) is 13.2 Å². The van der Waals surface area contributed by atoms with E-state index in [-0.39, 0.29) is 17.6 Å². The largest absolute Gasteiger partial charge is 0.416 e. The number of hydrogen-bond acceptors (Lipinski definition) is 7. The van der Waals surface area contributed by atoms with Crippen molar-refractivity contribution < 1.29 is 27.1 Å². The van der Waals surface area contributed by atoms with Gasteiger partial charge in [0, 0.05) is 30.2 Å². The van der Waals surface area contributed by atoms with Crippen molar-refractivity contribution in [3.05, 3.63) is 60.0 Å². The number of nitrogens with zero attached hydrogens (tertiary/aromatic N) is 3. The molecule has 1 amide bonds. The molecule has 1 aromatic heterocycles. The number of nitrogens with one attached hydrogen (secondary N) is 2. The summed E-state index contributed by atoms with van der Waals surface area (Å²) < 4.78 is 49.0. The third kappa shape index (κ3) is 5.12. The second-order valence-corrected chi connectivity index (χ2v) is 6.72. The lowest BCUT2D eigenvalue weighted by molar-refractivity contribution is -0.137. The van der Waals surface area contributed by atoms with E-state index < -0.39 is 17.6 Å². The molecule has 162 valence electrons. The summed E-state index contributed by atoms with van der Waals surface area (Å²) in [5.41, 5.74) is 0.832. The van der Waals surface area contributed by atoms with E-state index in [1.807, 2.05) is 12.1 Å². The van der Waals surface area contributed by atoms with Crippen LogP contribution in [-0.4, -0.2) is 42.4 Å². The topological polar surface area (TPSA) is 92.5 Å². The van der Waals surface area contributed by atoms with Gasteiger partial charge in [-0.05, 0) is 42.5 Å². The van der Waals surface area contributed by atoms with Crippen LogP contribution in [0.1, 0.15) is 16.2 Å². The van der Waals surface area contributed by atoms with Crippen LogP contribution in [-0.2, 0) is 10.9 Å². The summed E-state index contributed by atoms with van der Waals surface area (Å²) in [6.45, 7) is 2.95. The summed E-state index contributed by atoms with van der Waals surface area (Å²) in [7, 11) is 0. The van der Waals surface area contributed by atoms with Crippen molar-refractivity contribution in [1.82, 2.24) is 10.2 Å². The number of alkyl halides is 3. The van der Waals surface area contributed by atoms with Gasteiger partial charge >= 0.3 is 24.0 Å². The van der Waals surface area contributed by atoms with Crippen molar-refractivity contribution >= 4 is 29.0 Å². The molecule has 8 nitrogen and oxygen atoms in total. The van der Waals surface area contributed by atoms with Crippen molar-refractivity contribution in [3.8, 4) is 0 Å². The summed E-state index contributed by atoms with van der Waals surface area (Å²) in [5, 5.41) is 12.5. The summed E-state index contributed by atoms with van der Waals surface area (Å²) in [4.78, 5) is 14.5. The Hall–Kier alpha value is -3.60. The molecule has 0 saturated carbocycles. The third-order valence-corrected chi connectivity index (χ3v) is 4.56. The molecule has 0 unspecified atom stereocenters. The Morgan fingerprint density at radius 3 is 2.45 bits per heavy atom. The first-order valence-electron chi connectivity index (χ1n) is 9.40. The normalized spacial score (nSPS) is 14.4. The van der Waals surface area contributed by atoms with E-state index in [4.69, 9.17) is 9.15 Å². The van der Waals surface area contributed by atoms with Gasteiger partial charge in [-0.1, -0.05) is 11.2 Å². The van der Waals surface area contributed by atoms with Gasteiger partial charge < -0.3 is 24.7 Å². The van der Waals surface area contributed by atoms with Gasteiger partial charge in [-0.3, -0.25) is 4.79 Å². The van der Waals surface area contributed by atoms with Crippen LogP contribution < -0.4 is 15.5 Å². The number of carbonyl (C=O) groups excluding carboxylic acids is 1. The highest BCUT2D eigenvalue weighted by molar-refractivity contribution is 6.01. The van der Waals surface area contributed by atoms with Crippen LogP contribution in [0.15, 0.2) is 52.9 Å². The van der Waals surface area contributed by atoms with E-state index in [1.54, 1.807) is 12.1 Å². The van der Waals surface area contributed by atoms with Crippen molar-refractivity contribution in [2.75, 3.05) is 41.8 Å². The van der Waals surface area contributed by atoms with Gasteiger partial charge in [0.15, 0.2) is 0 Å². The van der Waals surface area contributed by atoms with E-state index in [0.717, 1.165) is 30.9 Å². The Morgan fingerprint density at radius 2 is 1.74 bits per heavy atom. The Kier molecular flexibility index (Phi) is 5.76. The van der Waals surface area contributed by atoms with Gasteiger partial charge in [0.25, 0.3) is 0 Å². The first-order valence-corrected chi connectivity index (χ1v) is 9.40. The molecule has 2 aromatic carbocycles. The standard InChI is InChI=1S/C20H18F3N5O3/c21-20(22,23)13-2-1-3-15(12-13)25-19-27-26-18(31-19)17(29)24-14-4-6-16(7-5-14)28-8-10-30-11-9-28/h1-7,12H,8-11H2,(H,24,29)(H,25,27). The molecule has 3 aromatic rings. The number of anilines is 4. The molecule has 2 heterocycles. The third-order valence-electron chi connectivity index (χ3n) is 4.56. The molecule has 0 radical (unpaired) electrons. The molecule has 0 spiro atoms. The minimum atomic E-state index is -4.48. The minimum Gasteiger partial charge on any atom is -0.399 e. The number of aromatic nitrogens is 2. The van der Waals surface area contributed by atoms with Crippen molar-refractivity contribution in [1.29, 1.82) is 0 Å². The lowest BCUT2D eigenvalue weighted by atomic mass is 10.2. The van der Waals surface area contributed by atoms with Crippen LogP contribution in [0.2, 0.25) is 0 Å². The van der Waals surface area contributed by atoms with E-state index in [0.29, 0.717) is 18.9 Å². The first-order chi connectivity index (χ1) is 14.9. The maximum atomic E-state index is 12.8. The van der Waals surface area contributed by atoms with Gasteiger partial charge in [0.1, 0.15) is 0 Å². The molecule has 0 atom stereocenters. The fraction of sp³-hybridized carbons (Fsp3) is 0.250. The fourth-order valence-electron chi connectivity index (χ4n) is 3.02. The summed E-state index contributed by atoms with van der Waals surface area (Å²) in [5.74, 6) is -0.963. The molecule has 4 rings (SSSR count). The zero-order valence-electron chi connectivity index (χ0n) is 16.1. The highest BCUT2D eigenvalue weighted by atomic mass is 19.4. The summed E-state index contributed by atoms with van der Waals surface area (Å²) >= 11 is 0. The van der Waals surface area contributed by atoms with Crippen molar-refractivity contribution in [2.24, 2.45) is 0 Å². The van der Waals surface area contributed by atoms with Gasteiger partial charge in [-0.15, -0.1) is 5.10 Å². The maximum absolute atomic E-state index is 12.8. The predicted octanol–water partition coefficient (Wildman–Crippen LogP) is 3.92. The highest BCUT2D eigenvalue weighted by Crippen LogP contribution is 2.31. The van der Waals surface area contributed by atoms with E-state index in [9.17, 15) is 18.0 Å². The molecule has 0 bridgehead atoms. The smallest absolute Gasteiger partial charge is 0.399 e. The van der Waals surface area contributed by atoms with Crippen LogP contribution in [0.4, 0.5) is 36.2 Å². The number of carbonyl (C=O) groups is 1. The number of rotatable bonds is 5. The van der Waals surface area contributed by atoms with Gasteiger partial charge in [0.05, 0.1) is 18.8 Å². The Bertz CT molecular complexity index is 1050. The van der Waals surface area contributed by atoms with Crippen LogP contribution >= 0.6 is 0 Å². The molecule has 31 heavy (non-hydrogen) atoms. The molecule has 1 aliphatic heterocycles. The Balaban J connectivity index is 1.38. The monoisotopic (exact) mass is 433 g/mol. The van der Waals surface area contributed by atoms with Crippen LogP contribution in [0.25, 0.3) is 0 Å². The fourth-order valence-corrected chi connectivity index (χ4v) is 3.02. The zero-order chi connectivity index (χ0) is 21.8. The second kappa shape index (κ2) is 8.64. The Labute approximate surface area is 175 Å². The van der Waals surface area contributed by atoms with Crippen molar-refractivity contribution in [3.63, 3.8) is 0 Å². The molecule has 1 saturated heterocycles. The Morgan fingerprint density at radius 1 is 1.00 bits per heavy atom. The average Bonchev–Trinajstić information content (AvgIpc) is 3.23. The number of amides is 1. The molecule has 2 N–H and O–H groups in total. The molecule has 1 aliphatic rings. The molecular weight excluding hydrogens is 415 g/mol. The molecular formula is C20H18F3N5O3. The number of hydrogen-bond donors (Lipinski definition) is 2. The molecule has 11 heteroatoms. The van der Waals surface area contributed by atoms with E-state index >= 15 is 0 Å². The molecule has 1 fully saturated rings. The van der Waals surface area contributed by atoms with Gasteiger partial charge in [0.2, 0.25) is 0 Å². The van der Waals surface area contributed by atoms with Crippen LogP contribution in [0.5, 0.6) is 0 Å². The zero-order valence-corrected chi connectivity index (χ0v) is 16.1. The maximum Gasteiger partial charge on any atom is 0.416 e. The number of halogens is 3. The van der Waals surface area contributed by atoms with Crippen LogP contribution in [0, 0.1) is 0 Å². The molecule has 0 aliphatic carbocycles. The van der Waals surface area contributed by atoms with E-state index in [1.165, 1.54) is 12.1 Å². The number of ether oxygens (including phenoxy) is 1. The van der Waals surface area contributed by atoms with Crippen molar-refractivity contribution in [2.45, 2.75) is 6.18 Å². The van der Waals surface area contributed by atoms with Crippen LogP contribution in [0.3, 0.4) is 0 Å². The first kappa shape index (κ1) is 20.7. The predicted molar refractivity (Wildman–Crippen MR) is 106 cm³/mol. The van der Waals surface area contributed by atoms with Gasteiger partial charge in [-0.25, -0.2) is 0 Å². The lowest BCUT2D eigenvalue weighted by Crippen LogP contribution is -2.36. The quantitative estimate of drug-likeness (QED) is 0.630. The highest BCUT2D eigenvalue weighted by Gasteiger charge is 2.30. The average molecular weight is 433 g/mol. The lowest BCUT2D eigenvalue weighted by Gasteiger charge is -2.28. The number of morpholine rings is 1. The second-order valence-electron chi connectivity index (χ2n) is 6.72. The minimum absolute atomic E-state index is 0.101. The van der Waals surface area contributed by atoms with E-state index in [2.05, 4.69) is 25.7 Å².